The molecule has 21 heavy (non-hydrogen) atoms. The summed E-state index contributed by atoms with van der Waals surface area (Å²) in [6.07, 6.45) is 0. The second-order valence-electron chi connectivity index (χ2n) is 5.40. The lowest BCUT2D eigenvalue weighted by Gasteiger charge is -2.20. The Hall–Kier alpha value is -2.10. The first-order chi connectivity index (χ1) is 9.90. The van der Waals surface area contributed by atoms with Crippen LogP contribution in [0.1, 0.15) is 24.1 Å². The van der Waals surface area contributed by atoms with Crippen molar-refractivity contribution in [3.05, 3.63) is 59.2 Å². The molecule has 0 spiro atoms. The van der Waals surface area contributed by atoms with Crippen molar-refractivity contribution >= 4 is 11.4 Å². The number of nitrogens with zero attached hydrogens (tertiary/aromatic N) is 1. The molecule has 1 atom stereocenters. The largest absolute Gasteiger partial charge is 0.378 e. The van der Waals surface area contributed by atoms with Crippen molar-refractivity contribution in [3.8, 4) is 0 Å². The monoisotopic (exact) mass is 290 g/mol. The van der Waals surface area contributed by atoms with Gasteiger partial charge >= 0.3 is 0 Å². The number of anilines is 2. The van der Waals surface area contributed by atoms with E-state index in [1.54, 1.807) is 6.92 Å². The Bertz CT molecular complexity index is 618. The first kappa shape index (κ1) is 15.3. The van der Waals surface area contributed by atoms with Crippen LogP contribution in [0.5, 0.6) is 0 Å². The third-order valence-electron chi connectivity index (χ3n) is 3.53. The van der Waals surface area contributed by atoms with Gasteiger partial charge in [0.05, 0.1) is 6.04 Å². The molecule has 112 valence electrons. The number of hydrogen-bond acceptors (Lipinski definition) is 2. The predicted octanol–water partition coefficient (Wildman–Crippen LogP) is 4.51. The maximum absolute atomic E-state index is 13.8. The maximum Gasteiger partial charge on any atom is 0.131 e. The third kappa shape index (κ3) is 3.32. The zero-order valence-corrected chi connectivity index (χ0v) is 12.7. The third-order valence-corrected chi connectivity index (χ3v) is 3.53. The SMILES string of the molecule is Cc1cc(N(C)C)ccc1NC(C)c1c(F)cccc1F. The summed E-state index contributed by atoms with van der Waals surface area (Å²) in [5.41, 5.74) is 3.05. The highest BCUT2D eigenvalue weighted by Gasteiger charge is 2.16. The molecule has 1 N–H and O–H groups in total. The van der Waals surface area contributed by atoms with E-state index in [1.807, 2.05) is 44.1 Å². The Morgan fingerprint density at radius 1 is 1.05 bits per heavy atom. The summed E-state index contributed by atoms with van der Waals surface area (Å²) in [7, 11) is 3.94. The molecule has 0 aliphatic rings. The second-order valence-corrected chi connectivity index (χ2v) is 5.40. The molecule has 0 bridgehead atoms. The topological polar surface area (TPSA) is 15.3 Å². The molecule has 0 radical (unpaired) electrons. The summed E-state index contributed by atoms with van der Waals surface area (Å²) in [6.45, 7) is 3.72. The van der Waals surface area contributed by atoms with Gasteiger partial charge in [-0.3, -0.25) is 0 Å². The molecule has 1 unspecified atom stereocenters. The average Bonchev–Trinajstić information content (AvgIpc) is 2.40. The van der Waals surface area contributed by atoms with E-state index in [1.165, 1.54) is 18.2 Å². The minimum absolute atomic E-state index is 0.0635. The molecule has 0 heterocycles. The van der Waals surface area contributed by atoms with Crippen LogP contribution in [-0.4, -0.2) is 14.1 Å². The summed E-state index contributed by atoms with van der Waals surface area (Å²) in [5, 5.41) is 3.18. The number of nitrogens with one attached hydrogen (secondary N) is 1. The molecular weight excluding hydrogens is 270 g/mol. The maximum atomic E-state index is 13.8. The summed E-state index contributed by atoms with van der Waals surface area (Å²) in [4.78, 5) is 2.01. The van der Waals surface area contributed by atoms with Crippen LogP contribution < -0.4 is 10.2 Å². The quantitative estimate of drug-likeness (QED) is 0.891. The van der Waals surface area contributed by atoms with E-state index in [4.69, 9.17) is 0 Å². The molecule has 0 aliphatic carbocycles. The van der Waals surface area contributed by atoms with Crippen molar-refractivity contribution in [1.29, 1.82) is 0 Å². The Morgan fingerprint density at radius 2 is 1.67 bits per heavy atom. The van der Waals surface area contributed by atoms with Crippen molar-refractivity contribution in [2.24, 2.45) is 0 Å². The highest BCUT2D eigenvalue weighted by molar-refractivity contribution is 5.60. The van der Waals surface area contributed by atoms with Gasteiger partial charge in [-0.15, -0.1) is 0 Å². The van der Waals surface area contributed by atoms with Gasteiger partial charge < -0.3 is 10.2 Å². The summed E-state index contributed by atoms with van der Waals surface area (Å²) in [6, 6.07) is 9.41. The van der Waals surface area contributed by atoms with Gasteiger partial charge in [-0.2, -0.15) is 0 Å². The van der Waals surface area contributed by atoms with Gasteiger partial charge in [0.1, 0.15) is 11.6 Å². The summed E-state index contributed by atoms with van der Waals surface area (Å²) < 4.78 is 27.6. The van der Waals surface area contributed by atoms with E-state index in [2.05, 4.69) is 5.32 Å². The molecule has 4 heteroatoms. The molecule has 2 nitrogen and oxygen atoms in total. The van der Waals surface area contributed by atoms with Gasteiger partial charge in [-0.05, 0) is 49.7 Å². The number of rotatable bonds is 4. The normalized spacial score (nSPS) is 12.1. The van der Waals surface area contributed by atoms with Gasteiger partial charge in [0.25, 0.3) is 0 Å². The molecule has 0 saturated carbocycles. The molecule has 0 aromatic heterocycles. The van der Waals surface area contributed by atoms with Crippen molar-refractivity contribution < 1.29 is 8.78 Å². The first-order valence-electron chi connectivity index (χ1n) is 6.88. The molecule has 2 aromatic rings. The zero-order valence-electron chi connectivity index (χ0n) is 12.7. The fraction of sp³-hybridized carbons (Fsp3) is 0.294. The molecule has 0 fully saturated rings. The van der Waals surface area contributed by atoms with Crippen molar-refractivity contribution in [2.45, 2.75) is 19.9 Å². The molecule has 0 amide bonds. The van der Waals surface area contributed by atoms with E-state index in [9.17, 15) is 8.78 Å². The van der Waals surface area contributed by atoms with Crippen molar-refractivity contribution in [2.75, 3.05) is 24.3 Å². The average molecular weight is 290 g/mol. The number of benzene rings is 2. The van der Waals surface area contributed by atoms with E-state index in [0.29, 0.717) is 0 Å². The molecule has 2 aromatic carbocycles. The van der Waals surface area contributed by atoms with Crippen LogP contribution >= 0.6 is 0 Å². The Balaban J connectivity index is 2.26. The van der Waals surface area contributed by atoms with Gasteiger partial charge in [0.15, 0.2) is 0 Å². The van der Waals surface area contributed by atoms with Crippen LogP contribution in [0.2, 0.25) is 0 Å². The smallest absolute Gasteiger partial charge is 0.131 e. The lowest BCUT2D eigenvalue weighted by molar-refractivity contribution is 0.544. The van der Waals surface area contributed by atoms with Crippen LogP contribution in [0.4, 0.5) is 20.2 Å². The highest BCUT2D eigenvalue weighted by Crippen LogP contribution is 2.27. The molecule has 2 rings (SSSR count). The number of aryl methyl sites for hydroxylation is 1. The van der Waals surface area contributed by atoms with E-state index in [-0.39, 0.29) is 5.56 Å². The zero-order chi connectivity index (χ0) is 15.6. The fourth-order valence-corrected chi connectivity index (χ4v) is 2.32. The first-order valence-corrected chi connectivity index (χ1v) is 6.88. The summed E-state index contributed by atoms with van der Waals surface area (Å²) in [5.74, 6) is -1.06. The Morgan fingerprint density at radius 3 is 2.19 bits per heavy atom. The van der Waals surface area contributed by atoms with Gasteiger partial charge in [0.2, 0.25) is 0 Å². The Labute approximate surface area is 124 Å². The summed E-state index contributed by atoms with van der Waals surface area (Å²) >= 11 is 0. The minimum Gasteiger partial charge on any atom is -0.378 e. The van der Waals surface area contributed by atoms with Gasteiger partial charge in [0, 0.05) is 31.0 Å². The molecule has 0 aliphatic heterocycles. The van der Waals surface area contributed by atoms with E-state index < -0.39 is 17.7 Å². The fourth-order valence-electron chi connectivity index (χ4n) is 2.32. The van der Waals surface area contributed by atoms with E-state index >= 15 is 0 Å². The number of hydrogen-bond donors (Lipinski definition) is 1. The van der Waals surface area contributed by atoms with Crippen LogP contribution in [0.15, 0.2) is 36.4 Å². The molecule has 0 saturated heterocycles. The van der Waals surface area contributed by atoms with E-state index in [0.717, 1.165) is 16.9 Å². The van der Waals surface area contributed by atoms with Gasteiger partial charge in [-0.1, -0.05) is 6.07 Å². The van der Waals surface area contributed by atoms with Crippen LogP contribution in [-0.2, 0) is 0 Å². The Kier molecular flexibility index (Phi) is 4.46. The van der Waals surface area contributed by atoms with Crippen molar-refractivity contribution in [3.63, 3.8) is 0 Å². The van der Waals surface area contributed by atoms with Crippen LogP contribution in [0, 0.1) is 18.6 Å². The standard InChI is InChI=1S/C17H20F2N2/c1-11-10-13(21(3)4)8-9-16(11)20-12(2)17-14(18)6-5-7-15(17)19/h5-10,12,20H,1-4H3. The lowest BCUT2D eigenvalue weighted by atomic mass is 10.1. The van der Waals surface area contributed by atoms with Crippen LogP contribution in [0.25, 0.3) is 0 Å². The minimum atomic E-state index is -0.530. The predicted molar refractivity (Wildman–Crippen MR) is 83.9 cm³/mol. The van der Waals surface area contributed by atoms with Gasteiger partial charge in [-0.25, -0.2) is 8.78 Å². The van der Waals surface area contributed by atoms with Crippen molar-refractivity contribution in [1.82, 2.24) is 0 Å². The highest BCUT2D eigenvalue weighted by atomic mass is 19.1. The molecular formula is C17H20F2N2. The number of halogens is 2. The lowest BCUT2D eigenvalue weighted by Crippen LogP contribution is -2.13. The second kappa shape index (κ2) is 6.12. The van der Waals surface area contributed by atoms with Crippen LogP contribution in [0.3, 0.4) is 0 Å².